The topological polar surface area (TPSA) is 103 Å². The van der Waals surface area contributed by atoms with Gasteiger partial charge in [-0.1, -0.05) is 282 Å². The van der Waals surface area contributed by atoms with Crippen LogP contribution in [0.1, 0.15) is 92.3 Å². The first-order valence-electron chi connectivity index (χ1n) is 50.1. The average molecular weight is 2670 g/mol. The molecule has 4 fully saturated rings. The standard InChI is InChI=1S/C25H28NSi.C22H22NSi.C19H24NSi.C16H18NSi.3C12H10N.C11H8N.4Ir/c1-19(2)15-23-17-24(26-18-25(23)27(3)13-8-14-27)22-12-7-11-21(16-22)20-9-5-4-6-10-20;1-17-14-21(23-16-22(17)24(2)12-7-13-24)20-11-6-10-19(15-20)18-8-4-3-5-9-18;1-15(2)12-17-13-18(16-8-5-4-6-9-16)20-14-19(17)21(3)10-7-11-21;1-13-11-15(14-7-4-3-5-8-14)17-12-16(13)18(2)9-6-10-18;3*1-10-7-8-13-12(9-10)11-5-3-2-4-6-11;1-2-6-10(7-3-1)11-8-4-5-9-12-11;;;;/h4-7,9-11,16-19H,8,13-15H2,1-3H3;3-6,8-10,14-16H,7,12-13H2,1-2H3;4-6,8,13-15H,7,10-12H2,1-3H3;3-5,7,11-12H,6,9-10H2,1-2H3;3*2-5,7-9H,1H3;1-6,8-9H;;;;/q8*-1;;;;. The van der Waals surface area contributed by atoms with Crippen molar-refractivity contribution in [1.82, 2.24) is 39.9 Å². The van der Waals surface area contributed by atoms with E-state index in [1.807, 2.05) is 201 Å². The molecule has 4 radical (unpaired) electrons. The number of rotatable bonds is 18. The first-order chi connectivity index (χ1) is 68.5. The summed E-state index contributed by atoms with van der Waals surface area (Å²) in [7, 11) is -4.72. The number of aromatic nitrogens is 8. The summed E-state index contributed by atoms with van der Waals surface area (Å²) in [5.41, 5.74) is 31.2. The van der Waals surface area contributed by atoms with E-state index < -0.39 is 32.3 Å². The molecule has 4 saturated heterocycles. The molecular formula is C129H130Ir4N8Si4-8. The number of pyridine rings is 8. The van der Waals surface area contributed by atoms with Crippen molar-refractivity contribution in [2.75, 3.05) is 0 Å². The van der Waals surface area contributed by atoms with Gasteiger partial charge in [0.05, 0.1) is 32.3 Å². The summed E-state index contributed by atoms with van der Waals surface area (Å²) in [5.74, 6) is 1.35. The van der Waals surface area contributed by atoms with Gasteiger partial charge in [-0.25, -0.2) is 0 Å². The van der Waals surface area contributed by atoms with Crippen LogP contribution in [0.4, 0.5) is 0 Å². The van der Waals surface area contributed by atoms with E-state index in [9.17, 15) is 0 Å². The maximum absolute atomic E-state index is 4.90. The molecule has 0 unspecified atom stereocenters. The second-order valence-corrected chi connectivity index (χ2v) is 58.5. The number of hydrogen-bond acceptors (Lipinski definition) is 8. The van der Waals surface area contributed by atoms with Crippen molar-refractivity contribution < 1.29 is 80.4 Å². The van der Waals surface area contributed by atoms with Gasteiger partial charge in [-0.15, -0.1) is 286 Å². The number of hydrogen-bond donors (Lipinski definition) is 0. The third-order valence-corrected chi connectivity index (χ3v) is 46.4. The molecule has 0 saturated carbocycles. The Morgan fingerprint density at radius 3 is 0.752 bits per heavy atom. The van der Waals surface area contributed by atoms with E-state index in [4.69, 9.17) is 15.0 Å². The van der Waals surface area contributed by atoms with Gasteiger partial charge < -0.3 is 39.9 Å². The molecule has 4 aliphatic rings. The molecule has 0 bridgehead atoms. The summed E-state index contributed by atoms with van der Waals surface area (Å²) < 4.78 is 0. The van der Waals surface area contributed by atoms with Crippen molar-refractivity contribution in [3.05, 3.63) is 459 Å². The fraction of sp³-hybridized carbons (Fsp3) is 0.225. The molecule has 18 aromatic rings. The Kier molecular flexibility index (Phi) is 44.2. The van der Waals surface area contributed by atoms with Crippen molar-refractivity contribution in [2.45, 2.75) is 175 Å². The van der Waals surface area contributed by atoms with Crippen LogP contribution in [0, 0.1) is 95.0 Å². The van der Waals surface area contributed by atoms with Crippen LogP contribution in [0.5, 0.6) is 0 Å². The van der Waals surface area contributed by atoms with Gasteiger partial charge in [-0.3, -0.25) is 0 Å². The molecule has 8 aromatic heterocycles. The van der Waals surface area contributed by atoms with Crippen LogP contribution in [0.25, 0.3) is 112 Å². The van der Waals surface area contributed by atoms with E-state index >= 15 is 0 Å². The van der Waals surface area contributed by atoms with E-state index in [1.165, 1.54) is 136 Å². The molecule has 0 atom stereocenters. The van der Waals surface area contributed by atoms with Gasteiger partial charge >= 0.3 is 0 Å². The second kappa shape index (κ2) is 56.1. The monoisotopic (exact) mass is 2670 g/mol. The molecule has 746 valence electrons. The molecule has 16 heteroatoms. The van der Waals surface area contributed by atoms with Crippen LogP contribution in [-0.4, -0.2) is 72.2 Å². The summed E-state index contributed by atoms with van der Waals surface area (Å²) in [6.07, 6.45) is 23.9. The van der Waals surface area contributed by atoms with E-state index in [0.29, 0.717) is 11.8 Å². The van der Waals surface area contributed by atoms with Crippen LogP contribution in [0.2, 0.25) is 74.5 Å². The minimum Gasteiger partial charge on any atom is -0.305 e. The Bertz CT molecular complexity index is 6760. The fourth-order valence-electron chi connectivity index (χ4n) is 18.9. The summed E-state index contributed by atoms with van der Waals surface area (Å²) in [6, 6.07) is 146. The predicted molar refractivity (Wildman–Crippen MR) is 602 cm³/mol. The van der Waals surface area contributed by atoms with Crippen molar-refractivity contribution in [3.8, 4) is 112 Å². The van der Waals surface area contributed by atoms with Gasteiger partial charge in [0.15, 0.2) is 0 Å². The molecule has 0 N–H and O–H groups in total. The number of nitrogens with zero attached hydrogens (tertiary/aromatic N) is 8. The summed E-state index contributed by atoms with van der Waals surface area (Å²) in [6.45, 7) is 30.0. The Labute approximate surface area is 922 Å². The van der Waals surface area contributed by atoms with Crippen molar-refractivity contribution in [2.24, 2.45) is 11.8 Å². The van der Waals surface area contributed by atoms with Gasteiger partial charge in [-0.2, -0.15) is 0 Å². The Hall–Kier alpha value is -11.1. The van der Waals surface area contributed by atoms with E-state index in [1.54, 1.807) is 32.5 Å². The molecule has 8 nitrogen and oxygen atoms in total. The number of aryl methyl sites for hydroxylation is 5. The van der Waals surface area contributed by atoms with Crippen molar-refractivity contribution >= 4 is 53.0 Å². The van der Waals surface area contributed by atoms with Gasteiger partial charge in [-0.05, 0) is 161 Å². The molecule has 0 spiro atoms. The normalized spacial score (nSPS) is 13.5. The molecular weight excluding hydrogens is 2540 g/mol. The zero-order valence-electron chi connectivity index (χ0n) is 85.7. The zero-order chi connectivity index (χ0) is 98.4. The minimum absolute atomic E-state index is 0. The van der Waals surface area contributed by atoms with Gasteiger partial charge in [0.2, 0.25) is 0 Å². The van der Waals surface area contributed by atoms with Crippen LogP contribution in [0.3, 0.4) is 0 Å². The molecule has 4 aliphatic heterocycles. The third kappa shape index (κ3) is 32.0. The maximum Gasteiger partial charge on any atom is 0.0859 e. The van der Waals surface area contributed by atoms with Crippen molar-refractivity contribution in [3.63, 3.8) is 0 Å². The molecule has 12 heterocycles. The SMILES string of the molecule is CC(C)Cc1cc(-c2[c-]ccc(-c3ccccc3)c2)ncc1[Si]1(C)CCC1.CC(C)Cc1cc(-c2[c-]cccc2)ncc1[Si]1(C)CCC1.Cc1cc(-c2[c-]ccc(-c3ccccc3)c2)ncc1[Si]1(C)CCC1.Cc1cc(-c2[c-]cccc2)ncc1[Si]1(C)CCC1.Cc1ccnc(-c2[c-]cccc2)c1.Cc1ccnc(-c2[c-]cccc2)c1.Cc1ccnc(-c2[c-]cccc2)c1.[Ir].[Ir].[Ir].[Ir].[c-]1ccccc1-c1ccccn1. The Morgan fingerprint density at radius 2 is 0.483 bits per heavy atom. The Morgan fingerprint density at radius 1 is 0.228 bits per heavy atom. The van der Waals surface area contributed by atoms with Crippen LogP contribution < -0.4 is 20.7 Å². The van der Waals surface area contributed by atoms with Crippen LogP contribution >= 0.6 is 0 Å². The molecule has 22 rings (SSSR count). The molecule has 0 amide bonds. The largest absolute Gasteiger partial charge is 0.305 e. The minimum atomic E-state index is -1.24. The van der Waals surface area contributed by atoms with E-state index in [2.05, 4.69) is 326 Å². The van der Waals surface area contributed by atoms with E-state index in [-0.39, 0.29) is 80.4 Å². The van der Waals surface area contributed by atoms with Crippen molar-refractivity contribution in [1.29, 1.82) is 0 Å². The van der Waals surface area contributed by atoms with Gasteiger partial charge in [0.25, 0.3) is 0 Å². The summed E-state index contributed by atoms with van der Waals surface area (Å²) in [5, 5.41) is 6.33. The first kappa shape index (κ1) is 114. The quantitative estimate of drug-likeness (QED) is 0.0618. The smallest absolute Gasteiger partial charge is 0.0859 e. The first-order valence-corrected chi connectivity index (χ1v) is 61.8. The van der Waals surface area contributed by atoms with Crippen LogP contribution in [-0.2, 0) is 93.3 Å². The molecule has 145 heavy (non-hydrogen) atoms. The van der Waals surface area contributed by atoms with Gasteiger partial charge in [0.1, 0.15) is 0 Å². The number of benzene rings is 10. The molecule has 10 aromatic carbocycles. The summed E-state index contributed by atoms with van der Waals surface area (Å²) in [4.78, 5) is 36.2. The zero-order valence-corrected chi connectivity index (χ0v) is 99.3. The van der Waals surface area contributed by atoms with Gasteiger partial charge in [0, 0.05) is 130 Å². The third-order valence-electron chi connectivity index (χ3n) is 27.6. The summed E-state index contributed by atoms with van der Waals surface area (Å²) >= 11 is 0. The van der Waals surface area contributed by atoms with Crippen LogP contribution in [0.15, 0.2) is 371 Å². The molecule has 0 aliphatic carbocycles. The van der Waals surface area contributed by atoms with E-state index in [0.717, 1.165) is 96.5 Å². The fourth-order valence-corrected chi connectivity index (χ4v) is 32.2. The predicted octanol–water partition coefficient (Wildman–Crippen LogP) is 30.4. The maximum atomic E-state index is 4.90. The Balaban J connectivity index is 0.000000160. The second-order valence-electron chi connectivity index (χ2n) is 39.8. The average Bonchev–Trinajstić information content (AvgIpc) is 0.785.